The molecule has 0 radical (unpaired) electrons. The molecule has 7 heteroatoms. The minimum absolute atomic E-state index is 0.182. The van der Waals surface area contributed by atoms with Crippen LogP contribution in [0.5, 0.6) is 0 Å². The zero-order chi connectivity index (χ0) is 12.1. The van der Waals surface area contributed by atoms with E-state index in [-0.39, 0.29) is 10.6 Å². The summed E-state index contributed by atoms with van der Waals surface area (Å²) in [5.41, 5.74) is 2.54. The summed E-state index contributed by atoms with van der Waals surface area (Å²) in [5.74, 6) is 4.35. The third-order valence-corrected chi connectivity index (χ3v) is 2.08. The van der Waals surface area contributed by atoms with Crippen molar-refractivity contribution in [2.24, 2.45) is 5.84 Å². The molecule has 0 heterocycles. The highest BCUT2D eigenvalue weighted by molar-refractivity contribution is 6.33. The molecule has 4 N–H and O–H groups in total. The van der Waals surface area contributed by atoms with E-state index in [1.165, 1.54) is 25.3 Å². The maximum absolute atomic E-state index is 11.2. The summed E-state index contributed by atoms with van der Waals surface area (Å²) < 4.78 is 4.52. The van der Waals surface area contributed by atoms with Crippen LogP contribution in [0.1, 0.15) is 10.4 Å². The second-order valence-corrected chi connectivity index (χ2v) is 3.19. The monoisotopic (exact) mass is 243 g/mol. The molecular formula is C9H10ClN3O3. The Morgan fingerprint density at radius 3 is 2.62 bits per heavy atom. The predicted molar refractivity (Wildman–Crippen MR) is 59.1 cm³/mol. The van der Waals surface area contributed by atoms with Crippen LogP contribution in [0.25, 0.3) is 0 Å². The second kappa shape index (κ2) is 5.34. The number of nitrogens with one attached hydrogen (secondary N) is 2. The molecule has 2 amide bonds. The number of halogens is 1. The lowest BCUT2D eigenvalue weighted by atomic mass is 10.2. The van der Waals surface area contributed by atoms with E-state index < -0.39 is 12.0 Å². The minimum Gasteiger partial charge on any atom is -0.465 e. The number of rotatable bonds is 2. The molecule has 0 aliphatic rings. The zero-order valence-corrected chi connectivity index (χ0v) is 9.17. The van der Waals surface area contributed by atoms with Crippen LogP contribution in [0, 0.1) is 0 Å². The van der Waals surface area contributed by atoms with Crippen LogP contribution in [0.4, 0.5) is 10.5 Å². The normalized spacial score (nSPS) is 9.44. The lowest BCUT2D eigenvalue weighted by Crippen LogP contribution is -2.34. The molecule has 0 fully saturated rings. The first kappa shape index (κ1) is 12.3. The number of amides is 2. The molecular weight excluding hydrogens is 234 g/mol. The molecule has 0 unspecified atom stereocenters. The van der Waals surface area contributed by atoms with E-state index in [0.29, 0.717) is 5.69 Å². The van der Waals surface area contributed by atoms with Gasteiger partial charge in [-0.1, -0.05) is 11.6 Å². The van der Waals surface area contributed by atoms with Gasteiger partial charge in [-0.25, -0.2) is 15.4 Å². The number of carbonyl (C=O) groups is 2. The fraction of sp³-hybridized carbons (Fsp3) is 0.111. The number of anilines is 1. The molecule has 16 heavy (non-hydrogen) atoms. The summed E-state index contributed by atoms with van der Waals surface area (Å²) in [6.07, 6.45) is 0. The first-order chi connectivity index (χ1) is 7.58. The summed E-state index contributed by atoms with van der Waals surface area (Å²) in [5, 5.41) is 2.59. The van der Waals surface area contributed by atoms with Gasteiger partial charge in [-0.2, -0.15) is 0 Å². The van der Waals surface area contributed by atoms with Gasteiger partial charge in [-0.3, -0.25) is 5.43 Å². The van der Waals surface area contributed by atoms with Gasteiger partial charge in [0.25, 0.3) is 0 Å². The summed E-state index contributed by atoms with van der Waals surface area (Å²) in [6.45, 7) is 0. The third kappa shape index (κ3) is 2.85. The SMILES string of the molecule is COC(=O)c1ccc(NC(=O)NN)cc1Cl. The number of hydrazine groups is 1. The van der Waals surface area contributed by atoms with E-state index in [1.54, 1.807) is 0 Å². The van der Waals surface area contributed by atoms with Gasteiger partial charge in [-0.15, -0.1) is 0 Å². The van der Waals surface area contributed by atoms with Gasteiger partial charge < -0.3 is 10.1 Å². The van der Waals surface area contributed by atoms with Crippen LogP contribution in [0.3, 0.4) is 0 Å². The maximum atomic E-state index is 11.2. The maximum Gasteiger partial charge on any atom is 0.339 e. The number of esters is 1. The average molecular weight is 244 g/mol. The van der Waals surface area contributed by atoms with E-state index in [9.17, 15) is 9.59 Å². The van der Waals surface area contributed by atoms with E-state index in [0.717, 1.165) is 0 Å². The van der Waals surface area contributed by atoms with Crippen LogP contribution >= 0.6 is 11.6 Å². The van der Waals surface area contributed by atoms with Crippen LogP contribution in [0.2, 0.25) is 5.02 Å². The molecule has 0 saturated carbocycles. The van der Waals surface area contributed by atoms with Crippen molar-refractivity contribution >= 4 is 29.3 Å². The van der Waals surface area contributed by atoms with Crippen molar-refractivity contribution in [1.82, 2.24) is 5.43 Å². The first-order valence-corrected chi connectivity index (χ1v) is 4.61. The summed E-state index contributed by atoms with van der Waals surface area (Å²) in [6, 6.07) is 3.79. The quantitative estimate of drug-likeness (QED) is 0.314. The van der Waals surface area contributed by atoms with E-state index in [4.69, 9.17) is 17.4 Å². The summed E-state index contributed by atoms with van der Waals surface area (Å²) in [7, 11) is 1.26. The summed E-state index contributed by atoms with van der Waals surface area (Å²) >= 11 is 5.83. The van der Waals surface area contributed by atoms with E-state index in [2.05, 4.69) is 10.1 Å². The van der Waals surface area contributed by atoms with Crippen LogP contribution in [-0.2, 0) is 4.74 Å². The van der Waals surface area contributed by atoms with Crippen molar-refractivity contribution in [3.05, 3.63) is 28.8 Å². The van der Waals surface area contributed by atoms with Gasteiger partial charge in [0.1, 0.15) is 0 Å². The van der Waals surface area contributed by atoms with Crippen molar-refractivity contribution in [2.75, 3.05) is 12.4 Å². The average Bonchev–Trinajstić information content (AvgIpc) is 2.28. The van der Waals surface area contributed by atoms with Crippen LogP contribution < -0.4 is 16.6 Å². The Morgan fingerprint density at radius 2 is 2.12 bits per heavy atom. The van der Waals surface area contributed by atoms with Crippen LogP contribution in [-0.4, -0.2) is 19.1 Å². The number of urea groups is 1. The highest BCUT2D eigenvalue weighted by Gasteiger charge is 2.11. The molecule has 0 aliphatic heterocycles. The molecule has 0 saturated heterocycles. The molecule has 1 rings (SSSR count). The van der Waals surface area contributed by atoms with Crippen molar-refractivity contribution < 1.29 is 14.3 Å². The first-order valence-electron chi connectivity index (χ1n) is 4.24. The number of ether oxygens (including phenoxy) is 1. The van der Waals surface area contributed by atoms with Crippen LogP contribution in [0.15, 0.2) is 18.2 Å². The zero-order valence-electron chi connectivity index (χ0n) is 8.41. The Labute approximate surface area is 96.7 Å². The Morgan fingerprint density at radius 1 is 1.44 bits per heavy atom. The molecule has 1 aromatic carbocycles. The molecule has 6 nitrogen and oxygen atoms in total. The molecule has 0 spiro atoms. The van der Waals surface area contributed by atoms with Gasteiger partial charge in [0.05, 0.1) is 17.7 Å². The molecule has 0 atom stereocenters. The van der Waals surface area contributed by atoms with E-state index >= 15 is 0 Å². The van der Waals surface area contributed by atoms with Gasteiger partial charge >= 0.3 is 12.0 Å². The van der Waals surface area contributed by atoms with Crippen molar-refractivity contribution in [3.8, 4) is 0 Å². The highest BCUT2D eigenvalue weighted by Crippen LogP contribution is 2.21. The number of hydrogen-bond acceptors (Lipinski definition) is 4. The Bertz CT molecular complexity index is 422. The highest BCUT2D eigenvalue weighted by atomic mass is 35.5. The number of methoxy groups -OCH3 is 1. The molecule has 0 bridgehead atoms. The van der Waals surface area contributed by atoms with E-state index in [1.807, 2.05) is 5.43 Å². The van der Waals surface area contributed by atoms with Crippen molar-refractivity contribution in [3.63, 3.8) is 0 Å². The fourth-order valence-corrected chi connectivity index (χ4v) is 1.29. The third-order valence-electron chi connectivity index (χ3n) is 1.76. The predicted octanol–water partition coefficient (Wildman–Crippen LogP) is 1.12. The topological polar surface area (TPSA) is 93.4 Å². The van der Waals surface area contributed by atoms with Gasteiger partial charge in [0.15, 0.2) is 0 Å². The number of carbonyl (C=O) groups excluding carboxylic acids is 2. The van der Waals surface area contributed by atoms with Gasteiger partial charge in [-0.05, 0) is 18.2 Å². The lowest BCUT2D eigenvalue weighted by Gasteiger charge is -2.06. The fourth-order valence-electron chi connectivity index (χ4n) is 1.04. The minimum atomic E-state index is -0.582. The number of hydrogen-bond donors (Lipinski definition) is 3. The van der Waals surface area contributed by atoms with Gasteiger partial charge in [0.2, 0.25) is 0 Å². The largest absolute Gasteiger partial charge is 0.465 e. The van der Waals surface area contributed by atoms with Crippen molar-refractivity contribution in [1.29, 1.82) is 0 Å². The molecule has 0 aromatic heterocycles. The van der Waals surface area contributed by atoms with Crippen molar-refractivity contribution in [2.45, 2.75) is 0 Å². The smallest absolute Gasteiger partial charge is 0.339 e. The van der Waals surface area contributed by atoms with Gasteiger partial charge in [0, 0.05) is 5.69 Å². The lowest BCUT2D eigenvalue weighted by molar-refractivity contribution is 0.0601. The molecule has 86 valence electrons. The number of benzene rings is 1. The Balaban J connectivity index is 2.91. The Hall–Kier alpha value is -1.79. The second-order valence-electron chi connectivity index (χ2n) is 2.78. The number of nitrogens with two attached hydrogens (primary N) is 1. The molecule has 0 aliphatic carbocycles. The Kier molecular flexibility index (Phi) is 4.10. The standard InChI is InChI=1S/C9H10ClN3O3/c1-16-8(14)6-3-2-5(4-7(6)10)12-9(15)13-11/h2-4H,11H2,1H3,(H2,12,13,15). The summed E-state index contributed by atoms with van der Waals surface area (Å²) in [4.78, 5) is 22.1. The molecule has 1 aromatic rings.